The van der Waals surface area contributed by atoms with Crippen molar-refractivity contribution in [2.45, 2.75) is 6.92 Å². The lowest BCUT2D eigenvalue weighted by molar-refractivity contribution is 0.253. The lowest BCUT2D eigenvalue weighted by atomic mass is 10.2. The average Bonchev–Trinajstić information content (AvgIpc) is 2.54. The van der Waals surface area contributed by atoms with Gasteiger partial charge < -0.3 is 15.5 Å². The Labute approximate surface area is 137 Å². The molecule has 0 aliphatic rings. The van der Waals surface area contributed by atoms with Crippen molar-refractivity contribution in [2.24, 2.45) is 0 Å². The van der Waals surface area contributed by atoms with Gasteiger partial charge in [-0.25, -0.2) is 4.79 Å². The van der Waals surface area contributed by atoms with Gasteiger partial charge in [0, 0.05) is 31.0 Å². The second kappa shape index (κ2) is 7.90. The third kappa shape index (κ3) is 5.40. The van der Waals surface area contributed by atoms with Gasteiger partial charge in [-0.2, -0.15) is 0 Å². The number of anilines is 2. The standard InChI is InChI=1S/C19H21N3O/c1-15-6-10-17(11-7-15)21-19(23)20-14-4-5-16-8-12-18(13-9-16)22(2)3/h6-13H,14H2,1-3H3,(H2,20,21,23). The molecule has 0 aliphatic heterocycles. The van der Waals surface area contributed by atoms with Crippen LogP contribution in [0.15, 0.2) is 48.5 Å². The second-order valence-corrected chi connectivity index (χ2v) is 5.42. The number of amides is 2. The molecule has 4 heteroatoms. The van der Waals surface area contributed by atoms with E-state index in [1.54, 1.807) is 0 Å². The van der Waals surface area contributed by atoms with E-state index in [-0.39, 0.29) is 6.03 Å². The predicted octanol–water partition coefficient (Wildman–Crippen LogP) is 3.23. The molecule has 0 atom stereocenters. The molecular weight excluding hydrogens is 286 g/mol. The summed E-state index contributed by atoms with van der Waals surface area (Å²) >= 11 is 0. The van der Waals surface area contributed by atoms with Gasteiger partial charge in [-0.05, 0) is 43.3 Å². The Bertz CT molecular complexity index is 707. The fourth-order valence-electron chi connectivity index (χ4n) is 1.93. The number of nitrogens with zero attached hydrogens (tertiary/aromatic N) is 1. The first-order valence-electron chi connectivity index (χ1n) is 7.42. The smallest absolute Gasteiger partial charge is 0.319 e. The monoisotopic (exact) mass is 307 g/mol. The Balaban J connectivity index is 1.80. The Hall–Kier alpha value is -2.93. The quantitative estimate of drug-likeness (QED) is 0.855. The highest BCUT2D eigenvalue weighted by Gasteiger charge is 1.99. The van der Waals surface area contributed by atoms with Gasteiger partial charge in [0.25, 0.3) is 0 Å². The van der Waals surface area contributed by atoms with Crippen molar-refractivity contribution in [3.8, 4) is 11.8 Å². The Kier molecular flexibility index (Phi) is 5.65. The second-order valence-electron chi connectivity index (χ2n) is 5.42. The van der Waals surface area contributed by atoms with Crippen molar-refractivity contribution in [3.63, 3.8) is 0 Å². The molecule has 0 heterocycles. The maximum absolute atomic E-state index is 11.7. The SMILES string of the molecule is Cc1ccc(NC(=O)NCC#Cc2ccc(N(C)C)cc2)cc1. The summed E-state index contributed by atoms with van der Waals surface area (Å²) in [6.07, 6.45) is 0. The highest BCUT2D eigenvalue weighted by Crippen LogP contribution is 2.11. The molecule has 2 aromatic rings. The molecule has 0 fully saturated rings. The maximum Gasteiger partial charge on any atom is 0.319 e. The molecule has 0 aromatic heterocycles. The number of carbonyl (C=O) groups excluding carboxylic acids is 1. The molecule has 0 bridgehead atoms. The summed E-state index contributed by atoms with van der Waals surface area (Å²) in [7, 11) is 3.99. The number of hydrogen-bond donors (Lipinski definition) is 2. The van der Waals surface area contributed by atoms with Crippen LogP contribution in [0.5, 0.6) is 0 Å². The van der Waals surface area contributed by atoms with Crippen LogP contribution in [0, 0.1) is 18.8 Å². The third-order valence-corrected chi connectivity index (χ3v) is 3.26. The highest BCUT2D eigenvalue weighted by molar-refractivity contribution is 5.89. The largest absolute Gasteiger partial charge is 0.378 e. The molecule has 2 N–H and O–H groups in total. The van der Waals surface area contributed by atoms with E-state index in [1.807, 2.05) is 74.4 Å². The zero-order chi connectivity index (χ0) is 16.7. The fraction of sp³-hybridized carbons (Fsp3) is 0.211. The molecule has 0 saturated heterocycles. The van der Waals surface area contributed by atoms with Crippen molar-refractivity contribution in [3.05, 3.63) is 59.7 Å². The molecule has 0 saturated carbocycles. The molecule has 2 aromatic carbocycles. The molecule has 4 nitrogen and oxygen atoms in total. The number of carbonyl (C=O) groups is 1. The fourth-order valence-corrected chi connectivity index (χ4v) is 1.93. The van der Waals surface area contributed by atoms with Crippen LogP contribution in [0.25, 0.3) is 0 Å². The zero-order valence-corrected chi connectivity index (χ0v) is 13.7. The van der Waals surface area contributed by atoms with Gasteiger partial charge >= 0.3 is 6.03 Å². The van der Waals surface area contributed by atoms with Crippen molar-refractivity contribution in [1.82, 2.24) is 5.32 Å². The number of aryl methyl sites for hydroxylation is 1. The summed E-state index contributed by atoms with van der Waals surface area (Å²) in [6, 6.07) is 15.3. The molecule has 23 heavy (non-hydrogen) atoms. The average molecular weight is 307 g/mol. The van der Waals surface area contributed by atoms with E-state index in [1.165, 1.54) is 0 Å². The Morgan fingerprint density at radius 1 is 1.04 bits per heavy atom. The number of hydrogen-bond acceptors (Lipinski definition) is 2. The van der Waals surface area contributed by atoms with E-state index < -0.39 is 0 Å². The minimum atomic E-state index is -0.258. The first-order valence-corrected chi connectivity index (χ1v) is 7.42. The van der Waals surface area contributed by atoms with Crippen LogP contribution in [0.2, 0.25) is 0 Å². The normalized spacial score (nSPS) is 9.52. The number of nitrogens with one attached hydrogen (secondary N) is 2. The van der Waals surface area contributed by atoms with Crippen LogP contribution in [-0.2, 0) is 0 Å². The van der Waals surface area contributed by atoms with E-state index in [2.05, 4.69) is 22.5 Å². The Morgan fingerprint density at radius 2 is 1.70 bits per heavy atom. The van der Waals surface area contributed by atoms with E-state index in [9.17, 15) is 4.79 Å². The van der Waals surface area contributed by atoms with Crippen molar-refractivity contribution >= 4 is 17.4 Å². The molecule has 118 valence electrons. The van der Waals surface area contributed by atoms with Gasteiger partial charge in [-0.1, -0.05) is 29.5 Å². The van der Waals surface area contributed by atoms with Crippen LogP contribution in [-0.4, -0.2) is 26.7 Å². The molecule has 0 aliphatic carbocycles. The van der Waals surface area contributed by atoms with E-state index in [4.69, 9.17) is 0 Å². The Morgan fingerprint density at radius 3 is 2.30 bits per heavy atom. The maximum atomic E-state index is 11.7. The molecule has 0 radical (unpaired) electrons. The van der Waals surface area contributed by atoms with Crippen LogP contribution >= 0.6 is 0 Å². The summed E-state index contributed by atoms with van der Waals surface area (Å²) in [5.41, 5.74) is 3.98. The van der Waals surface area contributed by atoms with Crippen molar-refractivity contribution in [2.75, 3.05) is 30.9 Å². The topological polar surface area (TPSA) is 44.4 Å². The van der Waals surface area contributed by atoms with Gasteiger partial charge in [0.1, 0.15) is 0 Å². The first-order chi connectivity index (χ1) is 11.0. The third-order valence-electron chi connectivity index (χ3n) is 3.26. The van der Waals surface area contributed by atoms with Crippen molar-refractivity contribution in [1.29, 1.82) is 0 Å². The highest BCUT2D eigenvalue weighted by atomic mass is 16.2. The summed E-state index contributed by atoms with van der Waals surface area (Å²) < 4.78 is 0. The van der Waals surface area contributed by atoms with Gasteiger partial charge in [0.2, 0.25) is 0 Å². The van der Waals surface area contributed by atoms with Crippen LogP contribution in [0.4, 0.5) is 16.2 Å². The number of urea groups is 1. The molecule has 2 rings (SSSR count). The van der Waals surface area contributed by atoms with Crippen molar-refractivity contribution < 1.29 is 4.79 Å². The van der Waals surface area contributed by atoms with Crippen LogP contribution < -0.4 is 15.5 Å². The summed E-state index contributed by atoms with van der Waals surface area (Å²) in [5, 5.41) is 5.48. The lowest BCUT2D eigenvalue weighted by Crippen LogP contribution is -2.28. The van der Waals surface area contributed by atoms with E-state index in [0.29, 0.717) is 6.54 Å². The minimum absolute atomic E-state index is 0.258. The predicted molar refractivity (Wildman–Crippen MR) is 95.8 cm³/mol. The number of benzene rings is 2. The van der Waals surface area contributed by atoms with Crippen LogP contribution in [0.3, 0.4) is 0 Å². The number of rotatable bonds is 3. The molecule has 0 unspecified atom stereocenters. The molecular formula is C19H21N3O. The molecule has 2 amide bonds. The van der Waals surface area contributed by atoms with E-state index >= 15 is 0 Å². The summed E-state index contributed by atoms with van der Waals surface area (Å²) in [6.45, 7) is 2.30. The first kappa shape index (κ1) is 16.4. The van der Waals surface area contributed by atoms with Gasteiger partial charge in [-0.3, -0.25) is 0 Å². The van der Waals surface area contributed by atoms with Gasteiger partial charge in [-0.15, -0.1) is 0 Å². The summed E-state index contributed by atoms with van der Waals surface area (Å²) in [5.74, 6) is 5.97. The molecule has 0 spiro atoms. The lowest BCUT2D eigenvalue weighted by Gasteiger charge is -2.11. The van der Waals surface area contributed by atoms with Gasteiger partial charge in [0.05, 0.1) is 6.54 Å². The minimum Gasteiger partial charge on any atom is -0.378 e. The summed E-state index contributed by atoms with van der Waals surface area (Å²) in [4.78, 5) is 13.8. The van der Waals surface area contributed by atoms with Gasteiger partial charge in [0.15, 0.2) is 0 Å². The van der Waals surface area contributed by atoms with Crippen LogP contribution in [0.1, 0.15) is 11.1 Å². The van der Waals surface area contributed by atoms with E-state index in [0.717, 1.165) is 22.5 Å². The zero-order valence-electron chi connectivity index (χ0n) is 13.7.